The van der Waals surface area contributed by atoms with E-state index in [4.69, 9.17) is 4.42 Å². The van der Waals surface area contributed by atoms with E-state index in [1.165, 1.54) is 0 Å². The molecule has 1 saturated heterocycles. The van der Waals surface area contributed by atoms with Gasteiger partial charge < -0.3 is 20.0 Å². The molecule has 2 aromatic rings. The smallest absolute Gasteiger partial charge is 0.408 e. The summed E-state index contributed by atoms with van der Waals surface area (Å²) in [6.07, 6.45) is -4.35. The van der Waals surface area contributed by atoms with Crippen LogP contribution in [0.5, 0.6) is 0 Å². The number of rotatable bonds is 7. The number of fused-ring (bicyclic) bond motifs is 1. The number of nitrogens with one attached hydrogen (secondary N) is 2. The van der Waals surface area contributed by atoms with E-state index >= 15 is 0 Å². The zero-order valence-corrected chi connectivity index (χ0v) is 17.5. The van der Waals surface area contributed by atoms with Crippen LogP contribution in [0.3, 0.4) is 0 Å². The van der Waals surface area contributed by atoms with Crippen LogP contribution in [-0.2, 0) is 4.79 Å². The third-order valence-corrected chi connectivity index (χ3v) is 5.58. The minimum Gasteiger partial charge on any atom is -0.408 e. The maximum Gasteiger partial charge on any atom is 0.441 e. The van der Waals surface area contributed by atoms with Crippen molar-refractivity contribution in [1.29, 1.82) is 5.26 Å². The van der Waals surface area contributed by atoms with Gasteiger partial charge in [-0.15, -0.1) is 0 Å². The Morgan fingerprint density at radius 1 is 1.34 bits per heavy atom. The van der Waals surface area contributed by atoms with Gasteiger partial charge in [-0.2, -0.15) is 23.4 Å². The normalized spacial score (nSPS) is 17.5. The predicted molar refractivity (Wildman–Crippen MR) is 111 cm³/mol. The van der Waals surface area contributed by atoms with E-state index in [0.717, 1.165) is 0 Å². The highest BCUT2D eigenvalue weighted by atomic mass is 19.4. The summed E-state index contributed by atoms with van der Waals surface area (Å²) in [7, 11) is 0. The zero-order valence-electron chi connectivity index (χ0n) is 17.5. The van der Waals surface area contributed by atoms with E-state index in [1.54, 1.807) is 36.1 Å². The lowest BCUT2D eigenvalue weighted by Crippen LogP contribution is -2.57. The summed E-state index contributed by atoms with van der Waals surface area (Å²) in [4.78, 5) is 30.2. The highest BCUT2D eigenvalue weighted by molar-refractivity contribution is 5.91. The Morgan fingerprint density at radius 2 is 2.03 bits per heavy atom. The van der Waals surface area contributed by atoms with Gasteiger partial charge in [-0.05, 0) is 31.4 Å². The van der Waals surface area contributed by atoms with Crippen molar-refractivity contribution in [3.63, 3.8) is 0 Å². The van der Waals surface area contributed by atoms with Gasteiger partial charge >= 0.3 is 11.9 Å². The molecule has 0 bridgehead atoms. The monoisotopic (exact) mass is 451 g/mol. The van der Waals surface area contributed by atoms with Crippen molar-refractivity contribution >= 4 is 22.7 Å². The summed E-state index contributed by atoms with van der Waals surface area (Å²) < 4.78 is 42.4. The number of nitrogens with zero attached hydrogens (tertiary/aromatic N) is 3. The quantitative estimate of drug-likeness (QED) is 0.666. The number of halogens is 3. The first-order chi connectivity index (χ1) is 15.1. The van der Waals surface area contributed by atoms with Gasteiger partial charge in [-0.25, -0.2) is 4.79 Å². The molecule has 1 unspecified atom stereocenters. The summed E-state index contributed by atoms with van der Waals surface area (Å²) >= 11 is 0. The van der Waals surface area contributed by atoms with Crippen LogP contribution >= 0.6 is 0 Å². The fourth-order valence-corrected chi connectivity index (χ4v) is 3.68. The van der Waals surface area contributed by atoms with Crippen molar-refractivity contribution < 1.29 is 22.4 Å². The number of amides is 1. The molecule has 2 heterocycles. The number of para-hydroxylation sites is 1. The number of anilines is 1. The average molecular weight is 451 g/mol. The second kappa shape index (κ2) is 9.56. The van der Waals surface area contributed by atoms with Gasteiger partial charge in [0.25, 0.3) is 0 Å². The summed E-state index contributed by atoms with van der Waals surface area (Å²) in [6.45, 7) is 2.19. The van der Waals surface area contributed by atoms with Gasteiger partial charge in [-0.1, -0.05) is 19.1 Å². The van der Waals surface area contributed by atoms with Crippen molar-refractivity contribution in [2.24, 2.45) is 0 Å². The number of nitriles is 1. The highest BCUT2D eigenvalue weighted by Crippen LogP contribution is 2.26. The SMILES string of the molecule is CCC(Nc1nc(=O)oc2ccccc12)C(=O)NC1(C#N)CCN(CCC(F)(F)F)CC1. The maximum absolute atomic E-state index is 13.0. The van der Waals surface area contributed by atoms with E-state index in [-0.39, 0.29) is 38.3 Å². The second-order valence-corrected chi connectivity index (χ2v) is 7.82. The molecule has 0 saturated carbocycles. The minimum atomic E-state index is -4.23. The van der Waals surface area contributed by atoms with Gasteiger partial charge in [0.05, 0.1) is 17.9 Å². The first kappa shape index (κ1) is 23.5. The Bertz CT molecular complexity index is 1060. The second-order valence-electron chi connectivity index (χ2n) is 7.82. The van der Waals surface area contributed by atoms with Gasteiger partial charge in [0.2, 0.25) is 5.91 Å². The molecule has 1 aromatic carbocycles. The predicted octanol–water partition coefficient (Wildman–Crippen LogP) is 2.81. The lowest BCUT2D eigenvalue weighted by atomic mass is 9.88. The Hall–Kier alpha value is -3.13. The fraction of sp³-hybridized carbons (Fsp3) is 0.524. The van der Waals surface area contributed by atoms with Crippen molar-refractivity contribution in [2.75, 3.05) is 25.0 Å². The van der Waals surface area contributed by atoms with Crippen LogP contribution in [0.15, 0.2) is 33.5 Å². The van der Waals surface area contributed by atoms with Crippen LogP contribution in [0, 0.1) is 11.3 Å². The molecule has 172 valence electrons. The first-order valence-corrected chi connectivity index (χ1v) is 10.3. The Morgan fingerprint density at radius 3 is 2.66 bits per heavy atom. The average Bonchev–Trinajstić information content (AvgIpc) is 2.76. The molecule has 3 rings (SSSR count). The molecule has 2 N–H and O–H groups in total. The molecule has 0 spiro atoms. The van der Waals surface area contributed by atoms with E-state index < -0.39 is 35.8 Å². The molecular formula is C21H24F3N5O3. The molecule has 1 amide bonds. The zero-order chi connectivity index (χ0) is 23.4. The number of benzene rings is 1. The van der Waals surface area contributed by atoms with E-state index in [9.17, 15) is 28.0 Å². The van der Waals surface area contributed by atoms with Gasteiger partial charge in [0.1, 0.15) is 23.0 Å². The Balaban J connectivity index is 1.67. The maximum atomic E-state index is 13.0. The standard InChI is InChI=1S/C21H24F3N5O3/c1-2-15(26-17-14-5-3-4-6-16(14)32-19(31)27-17)18(30)28-20(13-25)7-10-29(11-8-20)12-9-21(22,23)24/h3-6,15H,2,7-12H2,1H3,(H,28,30)(H,26,27,31). The van der Waals surface area contributed by atoms with Gasteiger partial charge in [0.15, 0.2) is 0 Å². The molecule has 11 heteroatoms. The number of aromatic nitrogens is 1. The third-order valence-electron chi connectivity index (χ3n) is 5.58. The summed E-state index contributed by atoms with van der Waals surface area (Å²) in [5, 5.41) is 16.0. The third kappa shape index (κ3) is 5.76. The number of piperidine rings is 1. The summed E-state index contributed by atoms with van der Waals surface area (Å²) in [5.41, 5.74) is -0.837. The fourth-order valence-electron chi connectivity index (χ4n) is 3.68. The van der Waals surface area contributed by atoms with Crippen LogP contribution in [0.25, 0.3) is 11.0 Å². The number of carbonyl (C=O) groups is 1. The van der Waals surface area contributed by atoms with Crippen molar-refractivity contribution in [1.82, 2.24) is 15.2 Å². The number of likely N-dealkylation sites (tertiary alicyclic amines) is 1. The van der Waals surface area contributed by atoms with Crippen LogP contribution in [-0.4, -0.2) is 53.2 Å². The molecule has 1 atom stereocenters. The topological polar surface area (TPSA) is 111 Å². The first-order valence-electron chi connectivity index (χ1n) is 10.3. The van der Waals surface area contributed by atoms with Crippen LogP contribution < -0.4 is 16.4 Å². The molecule has 0 aliphatic carbocycles. The Kier molecular flexibility index (Phi) is 7.03. The van der Waals surface area contributed by atoms with Crippen LogP contribution in [0.1, 0.15) is 32.6 Å². The lowest BCUT2D eigenvalue weighted by Gasteiger charge is -2.38. The summed E-state index contributed by atoms with van der Waals surface area (Å²) in [5.74, 6) is -1.05. The molecule has 8 nitrogen and oxygen atoms in total. The Labute approximate surface area is 182 Å². The van der Waals surface area contributed by atoms with E-state index in [1.807, 2.05) is 0 Å². The van der Waals surface area contributed by atoms with Crippen molar-refractivity contribution in [3.8, 4) is 6.07 Å². The van der Waals surface area contributed by atoms with Crippen LogP contribution in [0.4, 0.5) is 19.0 Å². The number of carbonyl (C=O) groups excluding carboxylic acids is 1. The molecule has 1 fully saturated rings. The number of hydrogen-bond acceptors (Lipinski definition) is 7. The van der Waals surface area contributed by atoms with Crippen molar-refractivity contribution in [2.45, 2.75) is 50.4 Å². The van der Waals surface area contributed by atoms with Gasteiger partial charge in [-0.3, -0.25) is 4.79 Å². The van der Waals surface area contributed by atoms with Crippen LogP contribution in [0.2, 0.25) is 0 Å². The lowest BCUT2D eigenvalue weighted by molar-refractivity contribution is -0.138. The van der Waals surface area contributed by atoms with Gasteiger partial charge in [0, 0.05) is 19.6 Å². The number of alkyl halides is 3. The molecular weight excluding hydrogens is 427 g/mol. The summed E-state index contributed by atoms with van der Waals surface area (Å²) in [6, 6.07) is 8.12. The van der Waals surface area contributed by atoms with E-state index in [2.05, 4.69) is 21.7 Å². The van der Waals surface area contributed by atoms with Crippen molar-refractivity contribution in [3.05, 3.63) is 34.8 Å². The van der Waals surface area contributed by atoms with E-state index in [0.29, 0.717) is 17.4 Å². The number of hydrogen-bond donors (Lipinski definition) is 2. The minimum absolute atomic E-state index is 0.132. The molecule has 1 aromatic heterocycles. The molecule has 32 heavy (non-hydrogen) atoms. The highest BCUT2D eigenvalue weighted by Gasteiger charge is 2.38. The molecule has 1 aliphatic heterocycles. The largest absolute Gasteiger partial charge is 0.441 e. The molecule has 1 aliphatic rings. The molecule has 0 radical (unpaired) electrons.